The molecule has 3 rings (SSSR count). The van der Waals surface area contributed by atoms with E-state index in [0.29, 0.717) is 12.1 Å². The fourth-order valence-electron chi connectivity index (χ4n) is 2.74. The third kappa shape index (κ3) is 1.90. The maximum Gasteiger partial charge on any atom is 0.231 e. The summed E-state index contributed by atoms with van der Waals surface area (Å²) in [7, 11) is 0. The van der Waals surface area contributed by atoms with E-state index >= 15 is 0 Å². The van der Waals surface area contributed by atoms with Gasteiger partial charge in [-0.05, 0) is 48.7 Å². The maximum absolute atomic E-state index is 12.4. The van der Waals surface area contributed by atoms with Crippen molar-refractivity contribution in [1.82, 2.24) is 0 Å². The van der Waals surface area contributed by atoms with Crippen molar-refractivity contribution in [2.45, 2.75) is 19.8 Å². The van der Waals surface area contributed by atoms with Crippen LogP contribution in [0.15, 0.2) is 36.4 Å². The molecule has 1 aliphatic rings. The Labute approximate surface area is 118 Å². The smallest absolute Gasteiger partial charge is 0.231 e. The van der Waals surface area contributed by atoms with Gasteiger partial charge in [0.05, 0.1) is 17.1 Å². The van der Waals surface area contributed by atoms with Crippen molar-refractivity contribution in [1.29, 1.82) is 0 Å². The van der Waals surface area contributed by atoms with Crippen molar-refractivity contribution < 1.29 is 4.79 Å². The van der Waals surface area contributed by atoms with Gasteiger partial charge < -0.3 is 11.5 Å². The highest BCUT2D eigenvalue weighted by Gasteiger charge is 2.27. The number of rotatable bonds is 1. The van der Waals surface area contributed by atoms with E-state index in [1.165, 1.54) is 0 Å². The lowest BCUT2D eigenvalue weighted by atomic mass is 9.98. The van der Waals surface area contributed by atoms with E-state index in [0.717, 1.165) is 34.6 Å². The molecule has 1 amide bonds. The number of nitrogen functional groups attached to an aromatic ring is 2. The number of para-hydroxylation sites is 1. The summed E-state index contributed by atoms with van der Waals surface area (Å²) in [5.41, 5.74) is 17.0. The molecule has 0 unspecified atom stereocenters. The van der Waals surface area contributed by atoms with Gasteiger partial charge in [-0.2, -0.15) is 0 Å². The molecule has 2 aromatic carbocycles. The Morgan fingerprint density at radius 1 is 1.10 bits per heavy atom. The molecular weight excluding hydrogens is 250 g/mol. The van der Waals surface area contributed by atoms with Gasteiger partial charge in [0.1, 0.15) is 0 Å². The Morgan fingerprint density at radius 3 is 2.65 bits per heavy atom. The van der Waals surface area contributed by atoms with E-state index in [1.807, 2.05) is 43.3 Å². The number of amides is 1. The second-order valence-electron chi connectivity index (χ2n) is 5.13. The zero-order chi connectivity index (χ0) is 14.3. The van der Waals surface area contributed by atoms with Gasteiger partial charge >= 0.3 is 0 Å². The summed E-state index contributed by atoms with van der Waals surface area (Å²) < 4.78 is 0. The van der Waals surface area contributed by atoms with Gasteiger partial charge in [-0.25, -0.2) is 0 Å². The molecule has 4 nitrogen and oxygen atoms in total. The molecule has 0 spiro atoms. The van der Waals surface area contributed by atoms with Gasteiger partial charge in [0, 0.05) is 12.1 Å². The summed E-state index contributed by atoms with van der Waals surface area (Å²) in [6, 6.07) is 11.3. The quantitative estimate of drug-likeness (QED) is 0.780. The molecule has 0 atom stereocenters. The van der Waals surface area contributed by atoms with Crippen molar-refractivity contribution >= 4 is 28.7 Å². The lowest BCUT2D eigenvalue weighted by Crippen LogP contribution is -2.32. The third-order valence-corrected chi connectivity index (χ3v) is 3.69. The minimum atomic E-state index is 0.0725. The molecule has 4 N–H and O–H groups in total. The standard InChI is InChI=1S/C16H17N3O/c1-10-3-2-4-13(18)16(10)19-14-7-6-12(17)9-11(14)5-8-15(19)20/h2-4,6-7,9H,5,8,17-18H2,1H3. The minimum Gasteiger partial charge on any atom is -0.399 e. The van der Waals surface area contributed by atoms with Crippen LogP contribution in [-0.2, 0) is 11.2 Å². The molecule has 0 aliphatic carbocycles. The Balaban J connectivity index is 2.21. The molecule has 4 heteroatoms. The Bertz CT molecular complexity index is 674. The predicted octanol–water partition coefficient (Wildman–Crippen LogP) is 2.77. The van der Waals surface area contributed by atoms with Crippen LogP contribution in [0.3, 0.4) is 0 Å². The van der Waals surface area contributed by atoms with Crippen molar-refractivity contribution in [3.05, 3.63) is 47.5 Å². The molecule has 2 aromatic rings. The summed E-state index contributed by atoms with van der Waals surface area (Å²) in [5.74, 6) is 0.0725. The van der Waals surface area contributed by atoms with E-state index in [-0.39, 0.29) is 5.91 Å². The normalized spacial score (nSPS) is 14.2. The summed E-state index contributed by atoms with van der Waals surface area (Å²) in [6.07, 6.45) is 1.20. The second-order valence-corrected chi connectivity index (χ2v) is 5.13. The van der Waals surface area contributed by atoms with Crippen LogP contribution in [0.4, 0.5) is 22.7 Å². The zero-order valence-electron chi connectivity index (χ0n) is 11.4. The molecule has 20 heavy (non-hydrogen) atoms. The first-order valence-corrected chi connectivity index (χ1v) is 6.64. The number of fused-ring (bicyclic) bond motifs is 1. The van der Waals surface area contributed by atoms with Gasteiger partial charge in [-0.1, -0.05) is 12.1 Å². The third-order valence-electron chi connectivity index (χ3n) is 3.69. The highest BCUT2D eigenvalue weighted by atomic mass is 16.2. The molecule has 1 aliphatic heterocycles. The monoisotopic (exact) mass is 267 g/mol. The summed E-state index contributed by atoms with van der Waals surface area (Å²) in [4.78, 5) is 14.1. The number of nitrogens with zero attached hydrogens (tertiary/aromatic N) is 1. The van der Waals surface area contributed by atoms with Crippen molar-refractivity contribution in [3.63, 3.8) is 0 Å². The number of anilines is 4. The van der Waals surface area contributed by atoms with Gasteiger partial charge in [0.25, 0.3) is 0 Å². The molecule has 0 saturated carbocycles. The summed E-state index contributed by atoms with van der Waals surface area (Å²) in [6.45, 7) is 1.96. The van der Waals surface area contributed by atoms with E-state index in [9.17, 15) is 4.79 Å². The molecule has 0 aromatic heterocycles. The molecule has 102 valence electrons. The lowest BCUT2D eigenvalue weighted by molar-refractivity contribution is -0.118. The highest BCUT2D eigenvalue weighted by molar-refractivity contribution is 6.06. The van der Waals surface area contributed by atoms with Crippen LogP contribution < -0.4 is 16.4 Å². The molecule has 0 bridgehead atoms. The van der Waals surface area contributed by atoms with Crippen LogP contribution >= 0.6 is 0 Å². The van der Waals surface area contributed by atoms with E-state index in [1.54, 1.807) is 4.90 Å². The SMILES string of the molecule is Cc1cccc(N)c1N1C(=O)CCc2cc(N)ccc21. The number of nitrogens with two attached hydrogens (primary N) is 2. The van der Waals surface area contributed by atoms with Crippen molar-refractivity contribution in [2.75, 3.05) is 16.4 Å². The van der Waals surface area contributed by atoms with Crippen LogP contribution in [0, 0.1) is 6.92 Å². The first kappa shape index (κ1) is 12.5. The minimum absolute atomic E-state index is 0.0725. The average Bonchev–Trinajstić information content (AvgIpc) is 2.41. The predicted molar refractivity (Wildman–Crippen MR) is 81.9 cm³/mol. The maximum atomic E-state index is 12.4. The van der Waals surface area contributed by atoms with Gasteiger partial charge in [0.15, 0.2) is 0 Å². The highest BCUT2D eigenvalue weighted by Crippen LogP contribution is 2.39. The molecular formula is C16H17N3O. The number of hydrogen-bond acceptors (Lipinski definition) is 3. The van der Waals surface area contributed by atoms with Crippen LogP contribution in [-0.4, -0.2) is 5.91 Å². The van der Waals surface area contributed by atoms with Crippen molar-refractivity contribution in [3.8, 4) is 0 Å². The van der Waals surface area contributed by atoms with Crippen molar-refractivity contribution in [2.24, 2.45) is 0 Å². The van der Waals surface area contributed by atoms with Crippen LogP contribution in [0.1, 0.15) is 17.5 Å². The number of carbonyl (C=O) groups excluding carboxylic acids is 1. The fourth-order valence-corrected chi connectivity index (χ4v) is 2.74. The van der Waals surface area contributed by atoms with Gasteiger partial charge in [0.2, 0.25) is 5.91 Å². The number of aryl methyl sites for hydroxylation is 2. The van der Waals surface area contributed by atoms with Crippen LogP contribution in [0.5, 0.6) is 0 Å². The zero-order valence-corrected chi connectivity index (χ0v) is 11.4. The number of carbonyl (C=O) groups is 1. The first-order chi connectivity index (χ1) is 9.58. The molecule has 0 radical (unpaired) electrons. The topological polar surface area (TPSA) is 72.3 Å². The molecule has 1 heterocycles. The Morgan fingerprint density at radius 2 is 1.90 bits per heavy atom. The summed E-state index contributed by atoms with van der Waals surface area (Å²) in [5, 5.41) is 0. The van der Waals surface area contributed by atoms with Gasteiger partial charge in [-0.3, -0.25) is 9.69 Å². The van der Waals surface area contributed by atoms with Gasteiger partial charge in [-0.15, -0.1) is 0 Å². The number of hydrogen-bond donors (Lipinski definition) is 2. The molecule has 0 saturated heterocycles. The second kappa shape index (κ2) is 4.56. The Kier molecular flexibility index (Phi) is 2.86. The summed E-state index contributed by atoms with van der Waals surface area (Å²) >= 11 is 0. The van der Waals surface area contributed by atoms with E-state index < -0.39 is 0 Å². The van der Waals surface area contributed by atoms with E-state index in [2.05, 4.69) is 0 Å². The average molecular weight is 267 g/mol. The van der Waals surface area contributed by atoms with Crippen LogP contribution in [0.25, 0.3) is 0 Å². The van der Waals surface area contributed by atoms with E-state index in [4.69, 9.17) is 11.5 Å². The Hall–Kier alpha value is -2.49. The molecule has 0 fully saturated rings. The number of benzene rings is 2. The fraction of sp³-hybridized carbons (Fsp3) is 0.188. The first-order valence-electron chi connectivity index (χ1n) is 6.64. The van der Waals surface area contributed by atoms with Crippen LogP contribution in [0.2, 0.25) is 0 Å². The largest absolute Gasteiger partial charge is 0.399 e. The lowest BCUT2D eigenvalue weighted by Gasteiger charge is -2.31.